The fraction of sp³-hybridized carbons (Fsp3) is 0.500. The van der Waals surface area contributed by atoms with Crippen molar-refractivity contribution in [2.45, 2.75) is 40.3 Å². The highest BCUT2D eigenvalue weighted by Gasteiger charge is 2.20. The summed E-state index contributed by atoms with van der Waals surface area (Å²) in [7, 11) is 1.87. The summed E-state index contributed by atoms with van der Waals surface area (Å²) in [5, 5.41) is 11.6. The van der Waals surface area contributed by atoms with E-state index in [1.807, 2.05) is 40.9 Å². The summed E-state index contributed by atoms with van der Waals surface area (Å²) in [6.45, 7) is 8.11. The first-order chi connectivity index (χ1) is 9.81. The van der Waals surface area contributed by atoms with Gasteiger partial charge in [0.25, 0.3) is 0 Å². The summed E-state index contributed by atoms with van der Waals surface area (Å²) in [5.41, 5.74) is 3.79. The second kappa shape index (κ2) is 6.01. The predicted octanol–water partition coefficient (Wildman–Crippen LogP) is 2.18. The first-order valence-corrected chi connectivity index (χ1v) is 7.58. The molecule has 0 radical (unpaired) electrons. The average molecular weight is 354 g/mol. The van der Waals surface area contributed by atoms with Crippen LogP contribution < -0.4 is 5.32 Å². The Balaban J connectivity index is 2.06. The number of halogens is 1. The minimum Gasteiger partial charge on any atom is -0.350 e. The van der Waals surface area contributed by atoms with E-state index < -0.39 is 0 Å². The molecule has 1 N–H and O–H groups in total. The smallest absolute Gasteiger partial charge is 0.244 e. The maximum Gasteiger partial charge on any atom is 0.244 e. The Kier molecular flexibility index (Phi) is 4.51. The molecule has 0 aliphatic heterocycles. The van der Waals surface area contributed by atoms with Gasteiger partial charge in [-0.05, 0) is 43.6 Å². The van der Waals surface area contributed by atoms with Crippen LogP contribution in [0.15, 0.2) is 10.7 Å². The summed E-state index contributed by atoms with van der Waals surface area (Å²) < 4.78 is 4.44. The Hall–Kier alpha value is -1.63. The molecule has 2 aromatic rings. The Morgan fingerprint density at radius 1 is 1.33 bits per heavy atom. The summed E-state index contributed by atoms with van der Waals surface area (Å²) in [6, 6.07) is -0.355. The highest BCUT2D eigenvalue weighted by atomic mass is 79.9. The molecule has 1 atom stereocenters. The van der Waals surface area contributed by atoms with Crippen molar-refractivity contribution < 1.29 is 4.79 Å². The van der Waals surface area contributed by atoms with Gasteiger partial charge >= 0.3 is 0 Å². The van der Waals surface area contributed by atoms with Gasteiger partial charge in [0.05, 0.1) is 21.6 Å². The summed E-state index contributed by atoms with van der Waals surface area (Å²) in [6.07, 6.45) is 1.92. The molecule has 114 valence electrons. The van der Waals surface area contributed by atoms with Crippen LogP contribution in [0.2, 0.25) is 0 Å². The minimum atomic E-state index is -0.355. The first kappa shape index (κ1) is 15.8. The Morgan fingerprint density at radius 2 is 2.00 bits per heavy atom. The lowest BCUT2D eigenvalue weighted by Crippen LogP contribution is -2.31. The Morgan fingerprint density at radius 3 is 2.48 bits per heavy atom. The molecule has 2 aromatic heterocycles. The van der Waals surface area contributed by atoms with E-state index in [-0.39, 0.29) is 11.9 Å². The van der Waals surface area contributed by atoms with Crippen molar-refractivity contribution in [1.82, 2.24) is 24.9 Å². The van der Waals surface area contributed by atoms with Gasteiger partial charge in [-0.3, -0.25) is 14.2 Å². The molecule has 0 fully saturated rings. The van der Waals surface area contributed by atoms with Crippen molar-refractivity contribution in [3.8, 4) is 0 Å². The highest BCUT2D eigenvalue weighted by Crippen LogP contribution is 2.22. The van der Waals surface area contributed by atoms with Crippen LogP contribution in [0.4, 0.5) is 0 Å². The number of aryl methyl sites for hydroxylation is 3. The second-order valence-corrected chi connectivity index (χ2v) is 6.03. The van der Waals surface area contributed by atoms with Crippen LogP contribution in [0.1, 0.15) is 35.6 Å². The van der Waals surface area contributed by atoms with Crippen LogP contribution >= 0.6 is 15.9 Å². The zero-order valence-corrected chi connectivity index (χ0v) is 14.5. The number of nitrogens with zero attached hydrogens (tertiary/aromatic N) is 4. The number of nitrogens with one attached hydrogen (secondary N) is 1. The van der Waals surface area contributed by atoms with Gasteiger partial charge in [0, 0.05) is 25.4 Å². The lowest BCUT2D eigenvalue weighted by molar-refractivity contribution is -0.124. The van der Waals surface area contributed by atoms with Gasteiger partial charge in [-0.1, -0.05) is 0 Å². The highest BCUT2D eigenvalue weighted by molar-refractivity contribution is 9.10. The molecule has 0 bridgehead atoms. The number of amides is 1. The minimum absolute atomic E-state index is 0.0589. The predicted molar refractivity (Wildman–Crippen MR) is 83.9 cm³/mol. The zero-order chi connectivity index (χ0) is 15.7. The van der Waals surface area contributed by atoms with Crippen molar-refractivity contribution in [3.63, 3.8) is 0 Å². The summed E-state index contributed by atoms with van der Waals surface area (Å²) in [4.78, 5) is 12.3. The van der Waals surface area contributed by atoms with E-state index >= 15 is 0 Å². The van der Waals surface area contributed by atoms with Crippen molar-refractivity contribution in [1.29, 1.82) is 0 Å². The topological polar surface area (TPSA) is 64.7 Å². The number of carbonyl (C=O) groups excluding carboxylic acids is 1. The van der Waals surface area contributed by atoms with Crippen LogP contribution in [0.25, 0.3) is 0 Å². The lowest BCUT2D eigenvalue weighted by atomic mass is 10.2. The van der Waals surface area contributed by atoms with E-state index in [0.717, 1.165) is 27.1 Å². The standard InChI is InChI=1S/C14H20BrN5O/c1-8-12(7-19(5)17-8)6-16-14(21)11(4)20-10(3)13(15)9(2)18-20/h7,11H,6H2,1-5H3,(H,16,21). The molecular formula is C14H20BrN5O. The molecule has 0 aromatic carbocycles. The van der Waals surface area contributed by atoms with Gasteiger partial charge in [0.15, 0.2) is 0 Å². The van der Waals surface area contributed by atoms with Crippen LogP contribution in [-0.4, -0.2) is 25.5 Å². The molecule has 0 saturated carbocycles. The maximum absolute atomic E-state index is 12.3. The SMILES string of the molecule is Cc1nn(C)cc1CNC(=O)C(C)n1nc(C)c(Br)c1C. The van der Waals surface area contributed by atoms with E-state index in [1.54, 1.807) is 9.36 Å². The number of carbonyl (C=O) groups is 1. The van der Waals surface area contributed by atoms with E-state index in [0.29, 0.717) is 6.54 Å². The molecular weight excluding hydrogens is 334 g/mol. The second-order valence-electron chi connectivity index (χ2n) is 5.24. The molecule has 1 unspecified atom stereocenters. The summed E-state index contributed by atoms with van der Waals surface area (Å²) >= 11 is 3.48. The lowest BCUT2D eigenvalue weighted by Gasteiger charge is -2.14. The third-order valence-corrected chi connectivity index (χ3v) is 4.70. The molecule has 0 aliphatic carbocycles. The zero-order valence-electron chi connectivity index (χ0n) is 12.9. The molecule has 0 spiro atoms. The van der Waals surface area contributed by atoms with Gasteiger partial charge in [-0.15, -0.1) is 0 Å². The van der Waals surface area contributed by atoms with Crippen LogP contribution in [0.3, 0.4) is 0 Å². The quantitative estimate of drug-likeness (QED) is 0.915. The summed E-state index contributed by atoms with van der Waals surface area (Å²) in [5.74, 6) is -0.0589. The maximum atomic E-state index is 12.3. The largest absolute Gasteiger partial charge is 0.350 e. The van der Waals surface area contributed by atoms with Crippen LogP contribution in [-0.2, 0) is 18.4 Å². The van der Waals surface area contributed by atoms with Crippen molar-refractivity contribution in [2.75, 3.05) is 0 Å². The molecule has 2 heterocycles. The van der Waals surface area contributed by atoms with Gasteiger partial charge in [0.2, 0.25) is 5.91 Å². The third-order valence-electron chi connectivity index (χ3n) is 3.55. The molecule has 0 saturated heterocycles. The average Bonchev–Trinajstić information content (AvgIpc) is 2.89. The fourth-order valence-corrected chi connectivity index (χ4v) is 2.54. The number of hydrogen-bond acceptors (Lipinski definition) is 3. The third kappa shape index (κ3) is 3.18. The van der Waals surface area contributed by atoms with E-state index in [4.69, 9.17) is 0 Å². The van der Waals surface area contributed by atoms with Crippen molar-refractivity contribution in [3.05, 3.63) is 33.3 Å². The molecule has 0 aliphatic rings. The van der Waals surface area contributed by atoms with Gasteiger partial charge < -0.3 is 5.32 Å². The molecule has 7 heteroatoms. The van der Waals surface area contributed by atoms with Crippen molar-refractivity contribution in [2.24, 2.45) is 7.05 Å². The molecule has 6 nitrogen and oxygen atoms in total. The first-order valence-electron chi connectivity index (χ1n) is 6.79. The van der Waals surface area contributed by atoms with Gasteiger partial charge in [0.1, 0.15) is 6.04 Å². The van der Waals surface area contributed by atoms with E-state index in [1.165, 1.54) is 0 Å². The Bertz CT molecular complexity index is 673. The number of hydrogen-bond donors (Lipinski definition) is 1. The Labute approximate surface area is 132 Å². The molecule has 21 heavy (non-hydrogen) atoms. The molecule has 2 rings (SSSR count). The van der Waals surface area contributed by atoms with Gasteiger partial charge in [-0.25, -0.2) is 0 Å². The number of rotatable bonds is 4. The van der Waals surface area contributed by atoms with Crippen LogP contribution in [0, 0.1) is 20.8 Å². The molecule has 1 amide bonds. The fourth-order valence-electron chi connectivity index (χ4n) is 2.28. The van der Waals surface area contributed by atoms with E-state index in [9.17, 15) is 4.79 Å². The van der Waals surface area contributed by atoms with Crippen LogP contribution in [0.5, 0.6) is 0 Å². The number of aromatic nitrogens is 4. The van der Waals surface area contributed by atoms with Gasteiger partial charge in [-0.2, -0.15) is 10.2 Å². The van der Waals surface area contributed by atoms with E-state index in [2.05, 4.69) is 31.4 Å². The normalized spacial score (nSPS) is 12.5. The van der Waals surface area contributed by atoms with Crippen molar-refractivity contribution >= 4 is 21.8 Å². The monoisotopic (exact) mass is 353 g/mol.